The Kier molecular flexibility index (Phi) is 8.80. The highest BCUT2D eigenvalue weighted by atomic mass is 32.1. The average Bonchev–Trinajstić information content (AvgIpc) is 3.18. The lowest BCUT2D eigenvalue weighted by Gasteiger charge is -2.13. The van der Waals surface area contributed by atoms with E-state index < -0.39 is 0 Å². The number of hydrogen-bond acceptors (Lipinski definition) is 4. The number of likely N-dealkylation sites (N-methyl/N-ethyl adjacent to an activating group) is 1. The van der Waals surface area contributed by atoms with E-state index in [9.17, 15) is 4.79 Å². The van der Waals surface area contributed by atoms with Crippen LogP contribution < -0.4 is 16.0 Å². The van der Waals surface area contributed by atoms with Gasteiger partial charge in [-0.15, -0.1) is 11.3 Å². The monoisotopic (exact) mass is 387 g/mol. The molecule has 2 rings (SSSR count). The van der Waals surface area contributed by atoms with Crippen molar-refractivity contribution < 1.29 is 4.79 Å². The van der Waals surface area contributed by atoms with E-state index in [1.165, 1.54) is 4.88 Å². The number of thiophene rings is 1. The largest absolute Gasteiger partial charge is 0.356 e. The van der Waals surface area contributed by atoms with Crippen molar-refractivity contribution >= 4 is 23.2 Å². The predicted molar refractivity (Wildman–Crippen MR) is 114 cm³/mol. The fraction of sp³-hybridized carbons (Fsp3) is 0.400. The molecule has 0 aliphatic heterocycles. The zero-order valence-electron chi connectivity index (χ0n) is 16.3. The first-order valence-corrected chi connectivity index (χ1v) is 9.95. The molecule has 1 aromatic carbocycles. The third-order valence-corrected chi connectivity index (χ3v) is 4.90. The van der Waals surface area contributed by atoms with Gasteiger partial charge >= 0.3 is 0 Å². The number of carbonyl (C=O) groups is 1. The quantitative estimate of drug-likeness (QED) is 0.454. The molecule has 0 aliphatic rings. The fourth-order valence-electron chi connectivity index (χ4n) is 2.48. The molecule has 0 unspecified atom stereocenters. The van der Waals surface area contributed by atoms with E-state index >= 15 is 0 Å². The normalized spacial score (nSPS) is 11.5. The van der Waals surface area contributed by atoms with Crippen molar-refractivity contribution in [3.63, 3.8) is 0 Å². The highest BCUT2D eigenvalue weighted by Crippen LogP contribution is 2.08. The number of carbonyl (C=O) groups excluding carboxylic acids is 1. The van der Waals surface area contributed by atoms with Gasteiger partial charge < -0.3 is 20.9 Å². The van der Waals surface area contributed by atoms with Gasteiger partial charge in [0.25, 0.3) is 5.91 Å². The summed E-state index contributed by atoms with van der Waals surface area (Å²) < 4.78 is 0. The minimum Gasteiger partial charge on any atom is -0.356 e. The molecule has 6 nitrogen and oxygen atoms in total. The van der Waals surface area contributed by atoms with Crippen molar-refractivity contribution in [2.75, 3.05) is 40.8 Å². The van der Waals surface area contributed by atoms with Crippen LogP contribution in [0, 0.1) is 0 Å². The molecular weight excluding hydrogens is 358 g/mol. The molecule has 0 fully saturated rings. The molecule has 0 spiro atoms. The molecule has 2 aromatic rings. The standard InChI is InChI=1S/C20H29N5OS/c1-21-20(23-10-9-18-8-5-13-27-18)24-15-16-6-4-7-17(14-16)19(26)22-11-12-25(2)3/h4-8,13-14H,9-12,15H2,1-3H3,(H,22,26)(H2,21,23,24). The van der Waals surface area contributed by atoms with Crippen LogP contribution in [0.5, 0.6) is 0 Å². The first-order chi connectivity index (χ1) is 13.1. The van der Waals surface area contributed by atoms with Crippen LogP contribution in [-0.4, -0.2) is 57.5 Å². The van der Waals surface area contributed by atoms with Crippen LogP contribution in [0.25, 0.3) is 0 Å². The minimum atomic E-state index is -0.0443. The van der Waals surface area contributed by atoms with Gasteiger partial charge in [-0.05, 0) is 49.7 Å². The summed E-state index contributed by atoms with van der Waals surface area (Å²) in [5.74, 6) is 0.713. The number of guanidine groups is 1. The number of hydrogen-bond donors (Lipinski definition) is 3. The van der Waals surface area contributed by atoms with Crippen LogP contribution in [0.2, 0.25) is 0 Å². The first-order valence-electron chi connectivity index (χ1n) is 9.07. The van der Waals surface area contributed by atoms with Crippen molar-refractivity contribution in [2.24, 2.45) is 4.99 Å². The maximum Gasteiger partial charge on any atom is 0.251 e. The summed E-state index contributed by atoms with van der Waals surface area (Å²) in [4.78, 5) is 19.9. The SMILES string of the molecule is CN=C(NCCc1cccs1)NCc1cccc(C(=O)NCCN(C)C)c1. The third-order valence-electron chi connectivity index (χ3n) is 3.96. The number of aliphatic imine (C=N–C) groups is 1. The molecule has 0 aliphatic carbocycles. The lowest BCUT2D eigenvalue weighted by molar-refractivity contribution is 0.0951. The van der Waals surface area contributed by atoms with Crippen LogP contribution >= 0.6 is 11.3 Å². The van der Waals surface area contributed by atoms with Crippen LogP contribution in [0.1, 0.15) is 20.8 Å². The van der Waals surface area contributed by atoms with Crippen LogP contribution in [0.4, 0.5) is 0 Å². The van der Waals surface area contributed by atoms with Gasteiger partial charge in [0, 0.05) is 43.7 Å². The average molecular weight is 388 g/mol. The zero-order chi connectivity index (χ0) is 19.5. The van der Waals surface area contributed by atoms with Gasteiger partial charge in [0.05, 0.1) is 0 Å². The maximum atomic E-state index is 12.2. The Morgan fingerprint density at radius 1 is 1.11 bits per heavy atom. The Labute approximate surface area is 165 Å². The summed E-state index contributed by atoms with van der Waals surface area (Å²) in [6, 6.07) is 11.9. The molecule has 0 bridgehead atoms. The van der Waals surface area contributed by atoms with Gasteiger partial charge in [-0.25, -0.2) is 0 Å². The fourth-order valence-corrected chi connectivity index (χ4v) is 3.19. The van der Waals surface area contributed by atoms with Gasteiger partial charge in [0.1, 0.15) is 0 Å². The molecule has 7 heteroatoms. The van der Waals surface area contributed by atoms with E-state index in [4.69, 9.17) is 0 Å². The predicted octanol–water partition coefficient (Wildman–Crippen LogP) is 1.95. The minimum absolute atomic E-state index is 0.0443. The van der Waals surface area contributed by atoms with Gasteiger partial charge in [0.15, 0.2) is 5.96 Å². The van der Waals surface area contributed by atoms with Gasteiger partial charge in [-0.1, -0.05) is 18.2 Å². The van der Waals surface area contributed by atoms with E-state index in [2.05, 4.69) is 38.5 Å². The molecule has 1 amide bonds. The van der Waals surface area contributed by atoms with Crippen molar-refractivity contribution in [1.29, 1.82) is 0 Å². The Bertz CT molecular complexity index is 728. The van der Waals surface area contributed by atoms with Crippen LogP contribution in [0.15, 0.2) is 46.8 Å². The summed E-state index contributed by atoms with van der Waals surface area (Å²) in [5.41, 5.74) is 1.71. The summed E-state index contributed by atoms with van der Waals surface area (Å²) in [6.07, 6.45) is 0.973. The summed E-state index contributed by atoms with van der Waals surface area (Å²) in [6.45, 7) is 2.89. The summed E-state index contributed by atoms with van der Waals surface area (Å²) in [7, 11) is 5.73. The summed E-state index contributed by atoms with van der Waals surface area (Å²) >= 11 is 1.76. The van der Waals surface area contributed by atoms with Crippen molar-refractivity contribution in [2.45, 2.75) is 13.0 Å². The second-order valence-electron chi connectivity index (χ2n) is 6.44. The second-order valence-corrected chi connectivity index (χ2v) is 7.47. The van der Waals surface area contributed by atoms with E-state index in [1.54, 1.807) is 18.4 Å². The van der Waals surface area contributed by atoms with E-state index in [0.717, 1.165) is 31.0 Å². The van der Waals surface area contributed by atoms with E-state index in [-0.39, 0.29) is 5.91 Å². The molecular formula is C20H29N5OS. The van der Waals surface area contributed by atoms with E-state index in [0.29, 0.717) is 18.7 Å². The smallest absolute Gasteiger partial charge is 0.251 e. The number of benzene rings is 1. The van der Waals surface area contributed by atoms with Gasteiger partial charge in [0.2, 0.25) is 0 Å². The topological polar surface area (TPSA) is 68.8 Å². The molecule has 0 atom stereocenters. The Morgan fingerprint density at radius 2 is 1.96 bits per heavy atom. The van der Waals surface area contributed by atoms with E-state index in [1.807, 2.05) is 43.3 Å². The summed E-state index contributed by atoms with van der Waals surface area (Å²) in [5, 5.41) is 11.6. The highest BCUT2D eigenvalue weighted by molar-refractivity contribution is 7.09. The van der Waals surface area contributed by atoms with Crippen molar-refractivity contribution in [1.82, 2.24) is 20.9 Å². The second kappa shape index (κ2) is 11.4. The number of nitrogens with one attached hydrogen (secondary N) is 3. The maximum absolute atomic E-state index is 12.2. The highest BCUT2D eigenvalue weighted by Gasteiger charge is 2.06. The molecule has 27 heavy (non-hydrogen) atoms. The molecule has 0 saturated heterocycles. The lowest BCUT2D eigenvalue weighted by Crippen LogP contribution is -2.37. The number of amides is 1. The first kappa shape index (κ1) is 20.9. The van der Waals surface area contributed by atoms with Crippen LogP contribution in [0.3, 0.4) is 0 Å². The number of rotatable bonds is 9. The van der Waals surface area contributed by atoms with Crippen molar-refractivity contribution in [3.8, 4) is 0 Å². The van der Waals surface area contributed by atoms with Crippen LogP contribution in [-0.2, 0) is 13.0 Å². The molecule has 3 N–H and O–H groups in total. The molecule has 0 saturated carbocycles. The van der Waals surface area contributed by atoms with Crippen molar-refractivity contribution in [3.05, 3.63) is 57.8 Å². The number of nitrogens with zero attached hydrogens (tertiary/aromatic N) is 2. The third kappa shape index (κ3) is 7.80. The molecule has 1 aromatic heterocycles. The lowest BCUT2D eigenvalue weighted by atomic mass is 10.1. The molecule has 0 radical (unpaired) electrons. The Morgan fingerprint density at radius 3 is 2.67 bits per heavy atom. The van der Waals surface area contributed by atoms with Gasteiger partial charge in [-0.2, -0.15) is 0 Å². The molecule has 1 heterocycles. The van der Waals surface area contributed by atoms with Gasteiger partial charge in [-0.3, -0.25) is 9.79 Å². The Balaban J connectivity index is 1.79. The zero-order valence-corrected chi connectivity index (χ0v) is 17.1. The Hall–Kier alpha value is -2.38. The molecule has 146 valence electrons.